The van der Waals surface area contributed by atoms with Crippen LogP contribution in [0.2, 0.25) is 0 Å². The summed E-state index contributed by atoms with van der Waals surface area (Å²) in [5, 5.41) is 0. The maximum Gasteiger partial charge on any atom is 0.328 e. The minimum absolute atomic E-state index is 0.0458. The van der Waals surface area contributed by atoms with Crippen molar-refractivity contribution in [2.24, 2.45) is 0 Å². The van der Waals surface area contributed by atoms with Gasteiger partial charge >= 0.3 is 5.97 Å². The highest BCUT2D eigenvalue weighted by molar-refractivity contribution is 5.83. The summed E-state index contributed by atoms with van der Waals surface area (Å²) < 4.78 is 4.87. The minimum atomic E-state index is -0.336. The Morgan fingerprint density at radius 2 is 2.23 bits per heavy atom. The van der Waals surface area contributed by atoms with E-state index in [2.05, 4.69) is 0 Å². The number of rotatable bonds is 2. The summed E-state index contributed by atoms with van der Waals surface area (Å²) in [4.78, 5) is 24.0. The van der Waals surface area contributed by atoms with Gasteiger partial charge in [0.2, 0.25) is 5.91 Å². The van der Waals surface area contributed by atoms with Crippen LogP contribution < -0.4 is 0 Å². The SMILES string of the molecule is CCOC(=O)C1CCCN1C(C)=O. The molecule has 4 heteroatoms. The van der Waals surface area contributed by atoms with E-state index in [-0.39, 0.29) is 17.9 Å². The normalized spacial score (nSPS) is 21.7. The van der Waals surface area contributed by atoms with Crippen molar-refractivity contribution in [3.63, 3.8) is 0 Å². The lowest BCUT2D eigenvalue weighted by Crippen LogP contribution is -2.40. The molecule has 1 heterocycles. The van der Waals surface area contributed by atoms with Crippen molar-refractivity contribution in [3.05, 3.63) is 0 Å². The van der Waals surface area contributed by atoms with E-state index in [0.717, 1.165) is 12.8 Å². The van der Waals surface area contributed by atoms with Gasteiger partial charge in [0.1, 0.15) is 6.04 Å². The summed E-state index contributed by atoms with van der Waals surface area (Å²) in [7, 11) is 0. The van der Waals surface area contributed by atoms with Crippen LogP contribution in [0.4, 0.5) is 0 Å². The molecular weight excluding hydrogens is 170 g/mol. The smallest absolute Gasteiger partial charge is 0.328 e. The standard InChI is InChI=1S/C9H15NO3/c1-3-13-9(12)8-5-4-6-10(8)7(2)11/h8H,3-6H2,1-2H3. The van der Waals surface area contributed by atoms with Crippen molar-refractivity contribution in [1.82, 2.24) is 4.90 Å². The van der Waals surface area contributed by atoms with Crippen molar-refractivity contribution in [3.8, 4) is 0 Å². The van der Waals surface area contributed by atoms with Crippen molar-refractivity contribution in [2.75, 3.05) is 13.2 Å². The predicted molar refractivity (Wildman–Crippen MR) is 47.0 cm³/mol. The number of esters is 1. The first-order valence-electron chi connectivity index (χ1n) is 4.60. The molecule has 4 nitrogen and oxygen atoms in total. The fourth-order valence-corrected chi connectivity index (χ4v) is 1.63. The Morgan fingerprint density at radius 1 is 1.54 bits per heavy atom. The second-order valence-corrected chi connectivity index (χ2v) is 3.12. The van der Waals surface area contributed by atoms with Gasteiger partial charge in [-0.05, 0) is 19.8 Å². The van der Waals surface area contributed by atoms with Crippen molar-refractivity contribution < 1.29 is 14.3 Å². The molecule has 1 aliphatic heterocycles. The molecule has 0 spiro atoms. The van der Waals surface area contributed by atoms with Crippen molar-refractivity contribution in [1.29, 1.82) is 0 Å². The third kappa shape index (κ3) is 2.20. The molecule has 13 heavy (non-hydrogen) atoms. The summed E-state index contributed by atoms with van der Waals surface area (Å²) in [6.45, 7) is 4.31. The van der Waals surface area contributed by atoms with Crippen LogP contribution in [0.15, 0.2) is 0 Å². The monoisotopic (exact) mass is 185 g/mol. The molecule has 0 aromatic carbocycles. The van der Waals surface area contributed by atoms with Gasteiger partial charge in [-0.15, -0.1) is 0 Å². The van der Waals surface area contributed by atoms with Gasteiger partial charge in [0.15, 0.2) is 0 Å². The zero-order valence-corrected chi connectivity index (χ0v) is 8.08. The van der Waals surface area contributed by atoms with E-state index in [4.69, 9.17) is 4.74 Å². The van der Waals surface area contributed by atoms with E-state index in [1.165, 1.54) is 6.92 Å². The lowest BCUT2D eigenvalue weighted by atomic mass is 10.2. The Morgan fingerprint density at radius 3 is 2.77 bits per heavy atom. The van der Waals surface area contributed by atoms with Crippen molar-refractivity contribution in [2.45, 2.75) is 32.7 Å². The number of likely N-dealkylation sites (tertiary alicyclic amines) is 1. The van der Waals surface area contributed by atoms with Crippen LogP contribution in [0, 0.1) is 0 Å². The lowest BCUT2D eigenvalue weighted by molar-refractivity contribution is -0.152. The number of carbonyl (C=O) groups is 2. The minimum Gasteiger partial charge on any atom is -0.464 e. The van der Waals surface area contributed by atoms with Gasteiger partial charge in [0, 0.05) is 13.5 Å². The molecule has 0 saturated carbocycles. The molecule has 1 unspecified atom stereocenters. The van der Waals surface area contributed by atoms with Crippen LogP contribution in [0.3, 0.4) is 0 Å². The van der Waals surface area contributed by atoms with E-state index in [1.807, 2.05) is 0 Å². The topological polar surface area (TPSA) is 46.6 Å². The Labute approximate surface area is 77.8 Å². The molecule has 0 aromatic heterocycles. The van der Waals surface area contributed by atoms with Crippen LogP contribution >= 0.6 is 0 Å². The molecule has 1 aliphatic rings. The number of ether oxygens (including phenoxy) is 1. The van der Waals surface area contributed by atoms with Gasteiger partial charge in [0.25, 0.3) is 0 Å². The maximum absolute atomic E-state index is 11.3. The first kappa shape index (κ1) is 10.0. The van der Waals surface area contributed by atoms with E-state index in [9.17, 15) is 9.59 Å². The number of amides is 1. The Hall–Kier alpha value is -1.06. The number of hydrogen-bond acceptors (Lipinski definition) is 3. The van der Waals surface area contributed by atoms with Gasteiger partial charge < -0.3 is 9.64 Å². The Bertz CT molecular complexity index is 215. The first-order valence-corrected chi connectivity index (χ1v) is 4.60. The maximum atomic E-state index is 11.3. The summed E-state index contributed by atoms with van der Waals surface area (Å²) >= 11 is 0. The van der Waals surface area contributed by atoms with E-state index in [1.54, 1.807) is 11.8 Å². The van der Waals surface area contributed by atoms with E-state index in [0.29, 0.717) is 13.2 Å². The lowest BCUT2D eigenvalue weighted by Gasteiger charge is -2.21. The number of nitrogens with zero attached hydrogens (tertiary/aromatic N) is 1. The zero-order valence-electron chi connectivity index (χ0n) is 8.08. The van der Waals surface area contributed by atoms with Gasteiger partial charge in [-0.2, -0.15) is 0 Å². The Kier molecular flexibility index (Phi) is 3.28. The van der Waals surface area contributed by atoms with E-state index >= 15 is 0 Å². The van der Waals surface area contributed by atoms with Crippen LogP contribution in [-0.4, -0.2) is 36.0 Å². The molecule has 0 aromatic rings. The second kappa shape index (κ2) is 4.25. The van der Waals surface area contributed by atoms with Gasteiger partial charge in [-0.1, -0.05) is 0 Å². The fraction of sp³-hybridized carbons (Fsp3) is 0.778. The highest BCUT2D eigenvalue weighted by atomic mass is 16.5. The largest absolute Gasteiger partial charge is 0.464 e. The summed E-state index contributed by atoms with van der Waals surface area (Å²) in [6, 6.07) is -0.336. The highest BCUT2D eigenvalue weighted by Gasteiger charge is 2.33. The second-order valence-electron chi connectivity index (χ2n) is 3.12. The zero-order chi connectivity index (χ0) is 9.84. The van der Waals surface area contributed by atoms with Gasteiger partial charge in [0.05, 0.1) is 6.61 Å². The summed E-state index contributed by atoms with van der Waals surface area (Å²) in [5.74, 6) is -0.314. The molecule has 0 bridgehead atoms. The Balaban J connectivity index is 2.57. The molecule has 74 valence electrons. The summed E-state index contributed by atoms with van der Waals surface area (Å²) in [5.41, 5.74) is 0. The average Bonchev–Trinajstić information content (AvgIpc) is 2.52. The average molecular weight is 185 g/mol. The predicted octanol–water partition coefficient (Wildman–Crippen LogP) is 0.560. The first-order chi connectivity index (χ1) is 6.16. The van der Waals surface area contributed by atoms with Crippen LogP contribution in [0.5, 0.6) is 0 Å². The van der Waals surface area contributed by atoms with E-state index < -0.39 is 0 Å². The quantitative estimate of drug-likeness (QED) is 0.590. The molecule has 1 rings (SSSR count). The van der Waals surface area contributed by atoms with Crippen LogP contribution in [-0.2, 0) is 14.3 Å². The van der Waals surface area contributed by atoms with Gasteiger partial charge in [-0.3, -0.25) is 4.79 Å². The highest BCUT2D eigenvalue weighted by Crippen LogP contribution is 2.18. The van der Waals surface area contributed by atoms with Crippen LogP contribution in [0.25, 0.3) is 0 Å². The molecule has 0 radical (unpaired) electrons. The molecule has 1 fully saturated rings. The van der Waals surface area contributed by atoms with Crippen molar-refractivity contribution >= 4 is 11.9 Å². The molecule has 1 amide bonds. The van der Waals surface area contributed by atoms with Crippen LogP contribution in [0.1, 0.15) is 26.7 Å². The molecule has 0 aliphatic carbocycles. The third-order valence-corrected chi connectivity index (χ3v) is 2.22. The number of carbonyl (C=O) groups excluding carboxylic acids is 2. The summed E-state index contributed by atoms with van der Waals surface area (Å²) in [6.07, 6.45) is 1.63. The fourth-order valence-electron chi connectivity index (χ4n) is 1.63. The molecule has 0 N–H and O–H groups in total. The third-order valence-electron chi connectivity index (χ3n) is 2.22. The molecular formula is C9H15NO3. The van der Waals surface area contributed by atoms with Gasteiger partial charge in [-0.25, -0.2) is 4.79 Å². The molecule has 1 atom stereocenters. The molecule has 1 saturated heterocycles. The number of hydrogen-bond donors (Lipinski definition) is 0.